The van der Waals surface area contributed by atoms with Crippen LogP contribution >= 0.6 is 15.9 Å². The van der Waals surface area contributed by atoms with E-state index in [0.717, 1.165) is 23.4 Å². The molecule has 116 valence electrons. The summed E-state index contributed by atoms with van der Waals surface area (Å²) in [5.74, 6) is 0.963. The molecule has 0 N–H and O–H groups in total. The molecule has 1 spiro atoms. The van der Waals surface area contributed by atoms with Crippen molar-refractivity contribution in [3.05, 3.63) is 28.7 Å². The average Bonchev–Trinajstić information content (AvgIpc) is 2.51. The van der Waals surface area contributed by atoms with Crippen LogP contribution < -0.4 is 4.74 Å². The van der Waals surface area contributed by atoms with Crippen LogP contribution in [0.25, 0.3) is 0 Å². The molecule has 2 nitrogen and oxygen atoms in total. The highest BCUT2D eigenvalue weighted by Gasteiger charge is 2.35. The quantitative estimate of drug-likeness (QED) is 0.766. The number of rotatable bonds is 4. The van der Waals surface area contributed by atoms with Gasteiger partial charge in [0.2, 0.25) is 0 Å². The van der Waals surface area contributed by atoms with Crippen LogP contribution in [0.4, 0.5) is 0 Å². The molecular weight excluding hydrogens is 326 g/mol. The van der Waals surface area contributed by atoms with Crippen molar-refractivity contribution in [1.82, 2.24) is 4.90 Å². The summed E-state index contributed by atoms with van der Waals surface area (Å²) >= 11 is 3.48. The molecule has 0 aromatic heterocycles. The van der Waals surface area contributed by atoms with E-state index in [2.05, 4.69) is 20.8 Å². The third-order valence-electron chi connectivity index (χ3n) is 5.30. The SMILES string of the molecule is Brc1cccc(OCCN2CCC3(CCCCC3)CC2)c1. The second-order valence-electron chi connectivity index (χ2n) is 6.71. The van der Waals surface area contributed by atoms with Gasteiger partial charge in [-0.15, -0.1) is 0 Å². The van der Waals surface area contributed by atoms with Gasteiger partial charge in [0.05, 0.1) is 0 Å². The summed E-state index contributed by atoms with van der Waals surface area (Å²) in [4.78, 5) is 2.58. The van der Waals surface area contributed by atoms with E-state index in [1.54, 1.807) is 0 Å². The number of piperidine rings is 1. The van der Waals surface area contributed by atoms with Gasteiger partial charge in [0, 0.05) is 11.0 Å². The highest BCUT2D eigenvalue weighted by molar-refractivity contribution is 9.10. The summed E-state index contributed by atoms with van der Waals surface area (Å²) < 4.78 is 6.94. The molecule has 0 amide bonds. The molecule has 1 aromatic rings. The fourth-order valence-electron chi connectivity index (χ4n) is 3.90. The van der Waals surface area contributed by atoms with E-state index in [0.29, 0.717) is 5.41 Å². The largest absolute Gasteiger partial charge is 0.492 e. The van der Waals surface area contributed by atoms with E-state index >= 15 is 0 Å². The van der Waals surface area contributed by atoms with Crippen molar-refractivity contribution in [1.29, 1.82) is 0 Å². The molecule has 0 atom stereocenters. The molecule has 0 unspecified atom stereocenters. The van der Waals surface area contributed by atoms with Crippen molar-refractivity contribution in [2.75, 3.05) is 26.2 Å². The first-order valence-corrected chi connectivity index (χ1v) is 9.16. The van der Waals surface area contributed by atoms with Gasteiger partial charge >= 0.3 is 0 Å². The van der Waals surface area contributed by atoms with Gasteiger partial charge in [-0.3, -0.25) is 4.90 Å². The first kappa shape index (κ1) is 15.4. The lowest BCUT2D eigenvalue weighted by Gasteiger charge is -2.44. The Hall–Kier alpha value is -0.540. The van der Waals surface area contributed by atoms with Crippen LogP contribution in [0, 0.1) is 5.41 Å². The Morgan fingerprint density at radius 2 is 1.81 bits per heavy atom. The van der Waals surface area contributed by atoms with Crippen LogP contribution in [0.3, 0.4) is 0 Å². The van der Waals surface area contributed by atoms with Gasteiger partial charge in [-0.25, -0.2) is 0 Å². The molecule has 1 saturated carbocycles. The molecule has 2 fully saturated rings. The van der Waals surface area contributed by atoms with E-state index in [1.807, 2.05) is 24.3 Å². The fraction of sp³-hybridized carbons (Fsp3) is 0.667. The normalized spacial score (nSPS) is 22.3. The Kier molecular flexibility index (Phi) is 5.23. The summed E-state index contributed by atoms with van der Waals surface area (Å²) in [5.41, 5.74) is 0.708. The van der Waals surface area contributed by atoms with Crippen LogP contribution in [0.15, 0.2) is 28.7 Å². The van der Waals surface area contributed by atoms with Crippen molar-refractivity contribution in [2.45, 2.75) is 44.9 Å². The van der Waals surface area contributed by atoms with Crippen molar-refractivity contribution < 1.29 is 4.74 Å². The van der Waals surface area contributed by atoms with Crippen molar-refractivity contribution in [2.24, 2.45) is 5.41 Å². The first-order valence-electron chi connectivity index (χ1n) is 8.37. The molecule has 0 radical (unpaired) electrons. The van der Waals surface area contributed by atoms with Gasteiger partial charge in [-0.2, -0.15) is 0 Å². The minimum absolute atomic E-state index is 0.708. The molecule has 1 saturated heterocycles. The second-order valence-corrected chi connectivity index (χ2v) is 7.62. The summed E-state index contributed by atoms with van der Waals surface area (Å²) in [7, 11) is 0. The molecule has 3 rings (SSSR count). The average molecular weight is 352 g/mol. The number of hydrogen-bond acceptors (Lipinski definition) is 2. The van der Waals surface area contributed by atoms with E-state index in [4.69, 9.17) is 4.74 Å². The van der Waals surface area contributed by atoms with Gasteiger partial charge in [0.15, 0.2) is 0 Å². The van der Waals surface area contributed by atoms with Gasteiger partial charge in [0.1, 0.15) is 12.4 Å². The Bertz CT molecular complexity index is 446. The summed E-state index contributed by atoms with van der Waals surface area (Å²) in [5, 5.41) is 0. The number of ether oxygens (including phenoxy) is 1. The predicted molar refractivity (Wildman–Crippen MR) is 90.8 cm³/mol. The van der Waals surface area contributed by atoms with Crippen LogP contribution in [0.1, 0.15) is 44.9 Å². The van der Waals surface area contributed by atoms with E-state index in [-0.39, 0.29) is 0 Å². The summed E-state index contributed by atoms with van der Waals surface area (Å²) in [6, 6.07) is 8.11. The van der Waals surface area contributed by atoms with Gasteiger partial charge in [-0.1, -0.05) is 41.3 Å². The zero-order chi connectivity index (χ0) is 14.5. The molecule has 1 aromatic carbocycles. The number of halogens is 1. The van der Waals surface area contributed by atoms with Crippen molar-refractivity contribution in [3.8, 4) is 5.75 Å². The molecule has 0 bridgehead atoms. The minimum atomic E-state index is 0.708. The maximum absolute atomic E-state index is 5.85. The van der Waals surface area contributed by atoms with Crippen LogP contribution in [-0.4, -0.2) is 31.1 Å². The molecule has 2 aliphatic rings. The smallest absolute Gasteiger partial charge is 0.120 e. The minimum Gasteiger partial charge on any atom is -0.492 e. The topological polar surface area (TPSA) is 12.5 Å². The monoisotopic (exact) mass is 351 g/mol. The number of likely N-dealkylation sites (tertiary alicyclic amines) is 1. The highest BCUT2D eigenvalue weighted by Crippen LogP contribution is 2.44. The molecule has 3 heteroatoms. The molecule has 1 heterocycles. The van der Waals surface area contributed by atoms with Gasteiger partial charge in [-0.05, 0) is 62.4 Å². The maximum atomic E-state index is 5.85. The van der Waals surface area contributed by atoms with Crippen molar-refractivity contribution >= 4 is 15.9 Å². The second kappa shape index (κ2) is 7.15. The molecule has 1 aliphatic carbocycles. The molecule has 21 heavy (non-hydrogen) atoms. The Morgan fingerprint density at radius 3 is 2.52 bits per heavy atom. The predicted octanol–water partition coefficient (Wildman–Crippen LogP) is 4.87. The number of nitrogens with zero attached hydrogens (tertiary/aromatic N) is 1. The van der Waals surface area contributed by atoms with Gasteiger partial charge < -0.3 is 4.74 Å². The van der Waals surface area contributed by atoms with Crippen LogP contribution in [0.5, 0.6) is 5.75 Å². The fourth-order valence-corrected chi connectivity index (χ4v) is 4.28. The molecule has 1 aliphatic heterocycles. The van der Waals surface area contributed by atoms with Gasteiger partial charge in [0.25, 0.3) is 0 Å². The Balaban J connectivity index is 1.39. The third kappa shape index (κ3) is 4.23. The lowest BCUT2D eigenvalue weighted by atomic mass is 9.68. The van der Waals surface area contributed by atoms with Crippen LogP contribution in [0.2, 0.25) is 0 Å². The standard InChI is InChI=1S/C18H26BrNO/c19-16-5-4-6-17(15-16)21-14-13-20-11-9-18(10-12-20)7-2-1-3-8-18/h4-6,15H,1-3,7-14H2. The number of benzene rings is 1. The zero-order valence-corrected chi connectivity index (χ0v) is 14.4. The summed E-state index contributed by atoms with van der Waals surface area (Å²) in [6.07, 6.45) is 10.2. The Morgan fingerprint density at radius 1 is 1.05 bits per heavy atom. The Labute approximate surface area is 137 Å². The maximum Gasteiger partial charge on any atom is 0.120 e. The van der Waals surface area contributed by atoms with Crippen LogP contribution in [-0.2, 0) is 0 Å². The molecular formula is C18H26BrNO. The lowest BCUT2D eigenvalue weighted by molar-refractivity contribution is 0.0608. The van der Waals surface area contributed by atoms with Crippen molar-refractivity contribution in [3.63, 3.8) is 0 Å². The lowest BCUT2D eigenvalue weighted by Crippen LogP contribution is -2.42. The first-order chi connectivity index (χ1) is 10.3. The van der Waals surface area contributed by atoms with E-state index in [1.165, 1.54) is 58.0 Å². The highest BCUT2D eigenvalue weighted by atomic mass is 79.9. The van der Waals surface area contributed by atoms with E-state index in [9.17, 15) is 0 Å². The number of hydrogen-bond donors (Lipinski definition) is 0. The summed E-state index contributed by atoms with van der Waals surface area (Å²) in [6.45, 7) is 4.38. The third-order valence-corrected chi connectivity index (χ3v) is 5.80. The zero-order valence-electron chi connectivity index (χ0n) is 12.8. The van der Waals surface area contributed by atoms with E-state index < -0.39 is 0 Å².